The van der Waals surface area contributed by atoms with Gasteiger partial charge in [-0.25, -0.2) is 0 Å². The molecule has 0 N–H and O–H groups in total. The van der Waals surface area contributed by atoms with Crippen LogP contribution in [-0.2, 0) is 4.87 Å². The molecule has 23 heavy (non-hydrogen) atoms. The second kappa shape index (κ2) is 6.62. The predicted octanol–water partition coefficient (Wildman–Crippen LogP) is 6.51. The molecule has 0 amide bonds. The molecule has 0 aliphatic heterocycles. The maximum absolute atomic E-state index is 7.21. The van der Waals surface area contributed by atoms with E-state index in [1.807, 2.05) is 84.9 Å². The van der Waals surface area contributed by atoms with Crippen LogP contribution in [0.3, 0.4) is 0 Å². The highest BCUT2D eigenvalue weighted by atomic mass is 35.5. The van der Waals surface area contributed by atoms with Crippen LogP contribution >= 0.6 is 23.2 Å². The second-order valence-electron chi connectivity index (χ2n) is 5.33. The zero-order valence-electron chi connectivity index (χ0n) is 12.5. The average molecular weight is 339 g/mol. The Bertz CT molecular complexity index is 807. The van der Waals surface area contributed by atoms with Crippen molar-refractivity contribution in [1.29, 1.82) is 0 Å². The maximum atomic E-state index is 7.21. The molecular formula is C21H16Cl2. The normalized spacial score (nSPS) is 13.3. The van der Waals surface area contributed by atoms with Crippen molar-refractivity contribution in [2.24, 2.45) is 0 Å². The Balaban J connectivity index is 2.25. The van der Waals surface area contributed by atoms with Gasteiger partial charge in [-0.05, 0) is 22.8 Å². The number of hydrogen-bond acceptors (Lipinski definition) is 0. The number of benzene rings is 3. The first-order valence-electron chi connectivity index (χ1n) is 7.38. The van der Waals surface area contributed by atoms with Gasteiger partial charge in [0.05, 0.1) is 0 Å². The van der Waals surface area contributed by atoms with Gasteiger partial charge in [0.15, 0.2) is 0 Å². The van der Waals surface area contributed by atoms with Crippen LogP contribution in [-0.4, -0.2) is 0 Å². The van der Waals surface area contributed by atoms with Gasteiger partial charge in [-0.15, -0.1) is 11.6 Å². The van der Waals surface area contributed by atoms with E-state index in [4.69, 9.17) is 23.2 Å². The molecule has 0 heterocycles. The lowest BCUT2D eigenvalue weighted by atomic mass is 9.84. The van der Waals surface area contributed by atoms with Crippen molar-refractivity contribution in [3.63, 3.8) is 0 Å². The van der Waals surface area contributed by atoms with E-state index in [1.54, 1.807) is 0 Å². The molecule has 0 aliphatic rings. The monoisotopic (exact) mass is 338 g/mol. The Morgan fingerprint density at radius 3 is 1.91 bits per heavy atom. The number of hydrogen-bond donors (Lipinski definition) is 0. The van der Waals surface area contributed by atoms with E-state index in [0.717, 1.165) is 22.3 Å². The summed E-state index contributed by atoms with van der Waals surface area (Å²) >= 11 is 13.7. The van der Waals surface area contributed by atoms with Crippen LogP contribution in [0.2, 0.25) is 5.02 Å². The third-order valence-electron chi connectivity index (χ3n) is 3.96. The molecule has 3 aromatic carbocycles. The predicted molar refractivity (Wildman–Crippen MR) is 100 cm³/mol. The van der Waals surface area contributed by atoms with Crippen molar-refractivity contribution >= 4 is 29.3 Å². The van der Waals surface area contributed by atoms with Gasteiger partial charge in [-0.2, -0.15) is 0 Å². The van der Waals surface area contributed by atoms with E-state index in [1.165, 1.54) is 0 Å². The summed E-state index contributed by atoms with van der Waals surface area (Å²) in [6.07, 6.45) is 1.82. The molecule has 1 unspecified atom stereocenters. The largest absolute Gasteiger partial charge is 0.121 e. The molecule has 3 rings (SSSR count). The minimum absolute atomic E-state index is 0.652. The molecule has 0 nitrogen and oxygen atoms in total. The molecule has 0 aromatic heterocycles. The van der Waals surface area contributed by atoms with Crippen LogP contribution in [0.25, 0.3) is 6.08 Å². The minimum Gasteiger partial charge on any atom is -0.103 e. The van der Waals surface area contributed by atoms with Crippen molar-refractivity contribution < 1.29 is 0 Å². The Kier molecular flexibility index (Phi) is 4.56. The molecule has 0 bridgehead atoms. The fourth-order valence-electron chi connectivity index (χ4n) is 2.73. The summed E-state index contributed by atoms with van der Waals surface area (Å²) in [5.41, 5.74) is 3.89. The smallest absolute Gasteiger partial charge is 0.103 e. The molecule has 0 radical (unpaired) electrons. The molecule has 3 aromatic rings. The van der Waals surface area contributed by atoms with Crippen molar-refractivity contribution in [3.05, 3.63) is 113 Å². The van der Waals surface area contributed by atoms with Crippen LogP contribution in [0.15, 0.2) is 85.4 Å². The number of alkyl halides is 1. The molecule has 1 atom stereocenters. The molecule has 0 saturated heterocycles. The lowest BCUT2D eigenvalue weighted by molar-refractivity contribution is 0.879. The van der Waals surface area contributed by atoms with Gasteiger partial charge in [-0.1, -0.05) is 97.1 Å². The van der Waals surface area contributed by atoms with Crippen LogP contribution in [0.4, 0.5) is 0 Å². The third kappa shape index (κ3) is 2.93. The summed E-state index contributed by atoms with van der Waals surface area (Å²) in [4.78, 5) is -0.834. The number of halogens is 2. The van der Waals surface area contributed by atoms with Crippen LogP contribution in [0.1, 0.15) is 22.3 Å². The van der Waals surface area contributed by atoms with Crippen molar-refractivity contribution in [2.45, 2.75) is 4.87 Å². The second-order valence-corrected chi connectivity index (χ2v) is 6.30. The SMILES string of the molecule is C=Cc1ccc(C(Cl)(c2ccccc2)c2ccccc2Cl)cc1. The fourth-order valence-corrected chi connectivity index (χ4v) is 3.48. The lowest BCUT2D eigenvalue weighted by Crippen LogP contribution is -2.22. The summed E-state index contributed by atoms with van der Waals surface area (Å²) in [5, 5.41) is 0.652. The quantitative estimate of drug-likeness (QED) is 0.375. The summed E-state index contributed by atoms with van der Waals surface area (Å²) in [5.74, 6) is 0. The standard InChI is InChI=1S/C21H16Cl2/c1-2-16-12-14-18(15-13-16)21(23,17-8-4-3-5-9-17)19-10-6-7-11-20(19)22/h2-15H,1H2. The number of rotatable bonds is 4. The first-order valence-corrected chi connectivity index (χ1v) is 8.14. The van der Waals surface area contributed by atoms with Crippen molar-refractivity contribution in [3.8, 4) is 0 Å². The van der Waals surface area contributed by atoms with Crippen LogP contribution in [0.5, 0.6) is 0 Å². The van der Waals surface area contributed by atoms with Crippen molar-refractivity contribution in [1.82, 2.24) is 0 Å². The van der Waals surface area contributed by atoms with Gasteiger partial charge in [0.2, 0.25) is 0 Å². The van der Waals surface area contributed by atoms with E-state index in [0.29, 0.717) is 5.02 Å². The zero-order chi connectivity index (χ0) is 16.3. The Hall–Kier alpha value is -2.02. The summed E-state index contributed by atoms with van der Waals surface area (Å²) in [6.45, 7) is 3.80. The van der Waals surface area contributed by atoms with E-state index in [2.05, 4.69) is 6.58 Å². The third-order valence-corrected chi connectivity index (χ3v) is 4.93. The average Bonchev–Trinajstić information content (AvgIpc) is 2.62. The Labute approximate surface area is 147 Å². The zero-order valence-corrected chi connectivity index (χ0v) is 14.1. The maximum Gasteiger partial charge on any atom is 0.121 e. The topological polar surface area (TPSA) is 0 Å². The molecule has 0 saturated carbocycles. The highest BCUT2D eigenvalue weighted by Crippen LogP contribution is 2.45. The fraction of sp³-hybridized carbons (Fsp3) is 0.0476. The van der Waals surface area contributed by atoms with Gasteiger partial charge in [0.25, 0.3) is 0 Å². The molecule has 0 fully saturated rings. The summed E-state index contributed by atoms with van der Waals surface area (Å²) in [7, 11) is 0. The van der Waals surface area contributed by atoms with E-state index >= 15 is 0 Å². The van der Waals surface area contributed by atoms with E-state index < -0.39 is 4.87 Å². The molecule has 0 aliphatic carbocycles. The molecule has 114 valence electrons. The van der Waals surface area contributed by atoms with E-state index in [9.17, 15) is 0 Å². The molecular weight excluding hydrogens is 323 g/mol. The van der Waals surface area contributed by atoms with E-state index in [-0.39, 0.29) is 0 Å². The van der Waals surface area contributed by atoms with Gasteiger partial charge < -0.3 is 0 Å². The molecule has 2 heteroatoms. The van der Waals surface area contributed by atoms with Crippen LogP contribution < -0.4 is 0 Å². The first-order chi connectivity index (χ1) is 11.2. The van der Waals surface area contributed by atoms with Gasteiger partial charge in [0, 0.05) is 10.6 Å². The Morgan fingerprint density at radius 1 is 0.739 bits per heavy atom. The van der Waals surface area contributed by atoms with Gasteiger partial charge in [0.1, 0.15) is 4.87 Å². The first kappa shape index (κ1) is 15.9. The van der Waals surface area contributed by atoms with Gasteiger partial charge in [-0.3, -0.25) is 0 Å². The van der Waals surface area contributed by atoms with Gasteiger partial charge >= 0.3 is 0 Å². The summed E-state index contributed by atoms with van der Waals surface area (Å²) < 4.78 is 0. The lowest BCUT2D eigenvalue weighted by Gasteiger charge is -2.30. The Morgan fingerprint density at radius 2 is 1.30 bits per heavy atom. The highest BCUT2D eigenvalue weighted by molar-refractivity contribution is 6.34. The summed E-state index contributed by atoms with van der Waals surface area (Å²) in [6, 6.07) is 25.8. The van der Waals surface area contributed by atoms with Crippen LogP contribution in [0, 0.1) is 0 Å². The minimum atomic E-state index is -0.834. The van der Waals surface area contributed by atoms with Crippen molar-refractivity contribution in [2.75, 3.05) is 0 Å². The highest BCUT2D eigenvalue weighted by Gasteiger charge is 2.35. The molecule has 0 spiro atoms.